The van der Waals surface area contributed by atoms with E-state index in [1.807, 2.05) is 0 Å². The zero-order valence-electron chi connectivity index (χ0n) is 41.6. The van der Waals surface area contributed by atoms with Crippen LogP contribution in [-0.4, -0.2) is 37.2 Å². The Morgan fingerprint density at radius 1 is 0.333 bits per heavy atom. The summed E-state index contributed by atoms with van der Waals surface area (Å²) in [6.45, 7) is 6.49. The molecule has 0 radical (unpaired) electrons. The van der Waals surface area contributed by atoms with Crippen LogP contribution in [0.15, 0.2) is 60.8 Å². The van der Waals surface area contributed by atoms with Gasteiger partial charge in [0, 0.05) is 19.3 Å². The number of esters is 3. The van der Waals surface area contributed by atoms with Crippen LogP contribution in [0.3, 0.4) is 0 Å². The normalized spacial score (nSPS) is 12.5. The fourth-order valence-electron chi connectivity index (χ4n) is 7.49. The first-order chi connectivity index (χ1) is 31.0. The summed E-state index contributed by atoms with van der Waals surface area (Å²) in [5, 5.41) is 0. The molecule has 0 spiro atoms. The van der Waals surface area contributed by atoms with Crippen LogP contribution in [0.1, 0.15) is 265 Å². The van der Waals surface area contributed by atoms with Crippen molar-refractivity contribution in [1.29, 1.82) is 0 Å². The molecule has 0 rings (SSSR count). The van der Waals surface area contributed by atoms with E-state index in [0.717, 1.165) is 103 Å². The minimum Gasteiger partial charge on any atom is -0.462 e. The highest BCUT2D eigenvalue weighted by Gasteiger charge is 2.19. The van der Waals surface area contributed by atoms with Crippen molar-refractivity contribution in [2.45, 2.75) is 271 Å². The Kier molecular flexibility index (Phi) is 49.4. The van der Waals surface area contributed by atoms with Crippen molar-refractivity contribution in [3.63, 3.8) is 0 Å². The van der Waals surface area contributed by atoms with Gasteiger partial charge in [0.05, 0.1) is 0 Å². The molecule has 0 fully saturated rings. The van der Waals surface area contributed by atoms with Crippen LogP contribution >= 0.6 is 0 Å². The van der Waals surface area contributed by atoms with Gasteiger partial charge in [-0.05, 0) is 83.5 Å². The molecule has 0 aliphatic rings. The first kappa shape index (κ1) is 60.1. The second-order valence-corrected chi connectivity index (χ2v) is 17.8. The van der Waals surface area contributed by atoms with Crippen LogP contribution in [0.25, 0.3) is 0 Å². The Morgan fingerprint density at radius 3 is 1.00 bits per heavy atom. The molecule has 0 aromatic heterocycles. The minimum absolute atomic E-state index is 0.0807. The Bertz CT molecular complexity index is 1150. The highest BCUT2D eigenvalue weighted by atomic mass is 16.6. The van der Waals surface area contributed by atoms with Gasteiger partial charge in [-0.3, -0.25) is 14.4 Å². The zero-order chi connectivity index (χ0) is 45.8. The lowest BCUT2D eigenvalue weighted by molar-refractivity contribution is -0.167. The standard InChI is InChI=1S/C57H100O6/c1-4-7-10-13-16-19-22-24-26-27-28-29-31-32-35-38-41-44-47-50-56(59)62-53-54(52-61-55(58)49-46-43-40-37-34-21-18-15-12-9-6-3)63-57(60)51-48-45-42-39-36-33-30-25-23-20-17-14-11-8-5-2/h8,11,16-17,19-20,24-26,30,54H,4-7,9-10,12-15,18,21-23,27-29,31-53H2,1-3H3/b11-8-,19-16-,20-17-,26-24-,30-25-/t54-/m1/s1. The summed E-state index contributed by atoms with van der Waals surface area (Å²) in [6, 6.07) is 0. The Labute approximate surface area is 390 Å². The molecule has 0 N–H and O–H groups in total. The van der Waals surface area contributed by atoms with Crippen LogP contribution in [0.5, 0.6) is 0 Å². The molecule has 0 saturated carbocycles. The van der Waals surface area contributed by atoms with Gasteiger partial charge in [0.1, 0.15) is 13.2 Å². The van der Waals surface area contributed by atoms with E-state index in [4.69, 9.17) is 14.2 Å². The van der Waals surface area contributed by atoms with Crippen LogP contribution in [0.4, 0.5) is 0 Å². The van der Waals surface area contributed by atoms with E-state index in [2.05, 4.69) is 81.5 Å². The van der Waals surface area contributed by atoms with Crippen molar-refractivity contribution in [2.75, 3.05) is 13.2 Å². The fraction of sp³-hybridized carbons (Fsp3) is 0.772. The molecule has 6 heteroatoms. The lowest BCUT2D eigenvalue weighted by atomic mass is 10.1. The molecule has 0 aliphatic carbocycles. The summed E-state index contributed by atoms with van der Waals surface area (Å²) in [5.41, 5.74) is 0. The summed E-state index contributed by atoms with van der Waals surface area (Å²) in [5.74, 6) is -0.896. The van der Waals surface area contributed by atoms with Gasteiger partial charge in [-0.2, -0.15) is 0 Å². The van der Waals surface area contributed by atoms with Gasteiger partial charge in [0.2, 0.25) is 0 Å². The predicted octanol–water partition coefficient (Wildman–Crippen LogP) is 17.6. The molecule has 6 nitrogen and oxygen atoms in total. The number of hydrogen-bond acceptors (Lipinski definition) is 6. The van der Waals surface area contributed by atoms with Crippen molar-refractivity contribution in [1.82, 2.24) is 0 Å². The van der Waals surface area contributed by atoms with Crippen LogP contribution in [0, 0.1) is 0 Å². The maximum absolute atomic E-state index is 12.8. The van der Waals surface area contributed by atoms with E-state index in [-0.39, 0.29) is 31.1 Å². The molecular weight excluding hydrogens is 781 g/mol. The molecule has 0 amide bonds. The number of unbranched alkanes of at least 4 members (excludes halogenated alkanes) is 27. The number of allylic oxidation sites excluding steroid dienone is 10. The van der Waals surface area contributed by atoms with Gasteiger partial charge in [0.25, 0.3) is 0 Å². The van der Waals surface area contributed by atoms with Crippen molar-refractivity contribution in [2.24, 2.45) is 0 Å². The summed E-state index contributed by atoms with van der Waals surface area (Å²) in [4.78, 5) is 38.0. The van der Waals surface area contributed by atoms with Gasteiger partial charge in [0.15, 0.2) is 6.10 Å². The van der Waals surface area contributed by atoms with Crippen molar-refractivity contribution >= 4 is 17.9 Å². The fourth-order valence-corrected chi connectivity index (χ4v) is 7.49. The molecule has 0 aliphatic heterocycles. The van der Waals surface area contributed by atoms with Crippen molar-refractivity contribution < 1.29 is 28.6 Å². The van der Waals surface area contributed by atoms with Gasteiger partial charge in [-0.25, -0.2) is 0 Å². The number of carbonyl (C=O) groups is 3. The third-order valence-corrected chi connectivity index (χ3v) is 11.5. The molecular formula is C57H100O6. The van der Waals surface area contributed by atoms with Gasteiger partial charge >= 0.3 is 17.9 Å². The predicted molar refractivity (Wildman–Crippen MR) is 270 cm³/mol. The molecule has 364 valence electrons. The van der Waals surface area contributed by atoms with E-state index >= 15 is 0 Å². The number of ether oxygens (including phenoxy) is 3. The number of hydrogen-bond donors (Lipinski definition) is 0. The second kappa shape index (κ2) is 51.7. The van der Waals surface area contributed by atoms with Crippen molar-refractivity contribution in [3.05, 3.63) is 60.8 Å². The summed E-state index contributed by atoms with van der Waals surface area (Å²) in [7, 11) is 0. The SMILES string of the molecule is CC/C=C\C/C=C\C/C=C\CCCCCCCC(=O)O[C@@H](COC(=O)CCCCCCCCCCC/C=C\C/C=C\CCCCC)COC(=O)CCCCCCCCCCCCC. The van der Waals surface area contributed by atoms with Crippen LogP contribution in [0.2, 0.25) is 0 Å². The summed E-state index contributed by atoms with van der Waals surface area (Å²) >= 11 is 0. The Hall–Kier alpha value is -2.89. The largest absolute Gasteiger partial charge is 0.462 e. The topological polar surface area (TPSA) is 78.9 Å². The molecule has 0 unspecified atom stereocenters. The third-order valence-electron chi connectivity index (χ3n) is 11.5. The zero-order valence-corrected chi connectivity index (χ0v) is 41.6. The minimum atomic E-state index is -0.782. The van der Waals surface area contributed by atoms with E-state index in [0.29, 0.717) is 19.3 Å². The molecule has 0 bridgehead atoms. The summed E-state index contributed by atoms with van der Waals surface area (Å²) < 4.78 is 16.8. The highest BCUT2D eigenvalue weighted by Crippen LogP contribution is 2.15. The van der Waals surface area contributed by atoms with Crippen LogP contribution < -0.4 is 0 Å². The Balaban J connectivity index is 4.35. The van der Waals surface area contributed by atoms with E-state index < -0.39 is 6.10 Å². The molecule has 1 atom stereocenters. The van der Waals surface area contributed by atoms with Gasteiger partial charge in [-0.15, -0.1) is 0 Å². The second-order valence-electron chi connectivity index (χ2n) is 17.8. The van der Waals surface area contributed by atoms with E-state index in [1.54, 1.807) is 0 Å². The lowest BCUT2D eigenvalue weighted by Crippen LogP contribution is -2.30. The number of rotatable bonds is 48. The molecule has 0 heterocycles. The maximum Gasteiger partial charge on any atom is 0.306 e. The quantitative estimate of drug-likeness (QED) is 0.0262. The third kappa shape index (κ3) is 50.0. The molecule has 0 saturated heterocycles. The van der Waals surface area contributed by atoms with Crippen LogP contribution in [-0.2, 0) is 28.6 Å². The van der Waals surface area contributed by atoms with Crippen molar-refractivity contribution in [3.8, 4) is 0 Å². The van der Waals surface area contributed by atoms with Gasteiger partial charge < -0.3 is 14.2 Å². The molecule has 0 aromatic carbocycles. The summed E-state index contributed by atoms with van der Waals surface area (Å²) in [6.07, 6.45) is 63.4. The number of carbonyl (C=O) groups excluding carboxylic acids is 3. The first-order valence-corrected chi connectivity index (χ1v) is 26.8. The monoisotopic (exact) mass is 881 g/mol. The smallest absolute Gasteiger partial charge is 0.306 e. The lowest BCUT2D eigenvalue weighted by Gasteiger charge is -2.18. The first-order valence-electron chi connectivity index (χ1n) is 26.8. The Morgan fingerprint density at radius 2 is 0.619 bits per heavy atom. The average molecular weight is 881 g/mol. The average Bonchev–Trinajstić information content (AvgIpc) is 3.28. The molecule has 63 heavy (non-hydrogen) atoms. The highest BCUT2D eigenvalue weighted by molar-refractivity contribution is 5.71. The van der Waals surface area contributed by atoms with E-state index in [1.165, 1.54) is 122 Å². The molecule has 0 aromatic rings. The maximum atomic E-state index is 12.8. The van der Waals surface area contributed by atoms with Gasteiger partial charge in [-0.1, -0.05) is 223 Å². The van der Waals surface area contributed by atoms with E-state index in [9.17, 15) is 14.4 Å².